The molecule has 300 valence electrons. The number of likely N-dealkylation sites (tertiary alicyclic amines) is 1. The van der Waals surface area contributed by atoms with E-state index in [0.29, 0.717) is 19.3 Å². The van der Waals surface area contributed by atoms with Crippen molar-refractivity contribution in [3.05, 3.63) is 71.8 Å². The number of carbonyl (C=O) groups excluding carboxylic acids is 6. The van der Waals surface area contributed by atoms with Crippen molar-refractivity contribution < 1.29 is 38.2 Å². The standard InChI is InChI=1S/C42H59N5O8/c1-4-15-34(37(48)40(51)44-23-14-22-33(38(43)49)30-18-10-6-11-19-30)45-39(50)35-24-32(54-27-29-16-8-5-9-17-29)25-47(35)41(52)36(31-20-12-7-13-21-31)46-42(53)55-26-28(2)3/h5-6,8-11,16-19,28,31-36H,4,7,12-15,20-27H2,1-3H3,(H2,43,49)(H,44,51)(H,45,50)(H,46,53). The van der Waals surface area contributed by atoms with Crippen molar-refractivity contribution in [3.8, 4) is 0 Å². The van der Waals surface area contributed by atoms with Crippen LogP contribution in [0, 0.1) is 11.8 Å². The number of ketones is 1. The second kappa shape index (κ2) is 21.9. The molecule has 13 heteroatoms. The van der Waals surface area contributed by atoms with E-state index in [-0.39, 0.29) is 51.0 Å². The van der Waals surface area contributed by atoms with Gasteiger partial charge in [0.25, 0.3) is 5.91 Å². The van der Waals surface area contributed by atoms with E-state index in [9.17, 15) is 28.8 Å². The van der Waals surface area contributed by atoms with E-state index in [1.54, 1.807) is 0 Å². The van der Waals surface area contributed by atoms with Crippen LogP contribution in [0.2, 0.25) is 0 Å². The van der Waals surface area contributed by atoms with Crippen molar-refractivity contribution >= 4 is 35.5 Å². The van der Waals surface area contributed by atoms with Crippen LogP contribution in [0.1, 0.15) is 102 Å². The fraction of sp³-hybridized carbons (Fsp3) is 0.571. The predicted molar refractivity (Wildman–Crippen MR) is 207 cm³/mol. The van der Waals surface area contributed by atoms with Crippen LogP contribution < -0.4 is 21.7 Å². The van der Waals surface area contributed by atoms with Crippen LogP contribution in [0.15, 0.2) is 60.7 Å². The average Bonchev–Trinajstić information content (AvgIpc) is 3.63. The van der Waals surface area contributed by atoms with E-state index in [0.717, 1.165) is 43.2 Å². The molecule has 2 fully saturated rings. The molecule has 2 aliphatic rings. The molecule has 55 heavy (non-hydrogen) atoms. The van der Waals surface area contributed by atoms with Gasteiger partial charge in [0.2, 0.25) is 23.5 Å². The van der Waals surface area contributed by atoms with Gasteiger partial charge in [0.1, 0.15) is 12.1 Å². The maximum atomic E-state index is 14.5. The fourth-order valence-electron chi connectivity index (χ4n) is 7.37. The van der Waals surface area contributed by atoms with Crippen LogP contribution >= 0.6 is 0 Å². The molecule has 1 aliphatic heterocycles. The molecule has 0 aromatic heterocycles. The number of benzene rings is 2. The molecule has 0 radical (unpaired) electrons. The smallest absolute Gasteiger partial charge is 0.407 e. The number of alkyl carbamates (subject to hydrolysis) is 1. The first-order valence-corrected chi connectivity index (χ1v) is 19.8. The van der Waals surface area contributed by atoms with Crippen molar-refractivity contribution in [2.45, 2.75) is 122 Å². The number of hydrogen-bond acceptors (Lipinski definition) is 8. The Kier molecular flexibility index (Phi) is 17.1. The first-order valence-electron chi connectivity index (χ1n) is 19.8. The summed E-state index contributed by atoms with van der Waals surface area (Å²) in [4.78, 5) is 81.6. The van der Waals surface area contributed by atoms with Gasteiger partial charge in [-0.25, -0.2) is 4.79 Å². The lowest BCUT2D eigenvalue weighted by atomic mass is 9.83. The summed E-state index contributed by atoms with van der Waals surface area (Å²) < 4.78 is 11.6. The topological polar surface area (TPSA) is 186 Å². The van der Waals surface area contributed by atoms with E-state index in [1.165, 1.54) is 4.90 Å². The van der Waals surface area contributed by atoms with E-state index in [2.05, 4.69) is 16.0 Å². The van der Waals surface area contributed by atoms with Crippen LogP contribution in [0.4, 0.5) is 4.79 Å². The Hall–Kier alpha value is -4.78. The van der Waals surface area contributed by atoms with Gasteiger partial charge < -0.3 is 36.1 Å². The van der Waals surface area contributed by atoms with Gasteiger partial charge in [0.05, 0.1) is 31.3 Å². The van der Waals surface area contributed by atoms with Gasteiger partial charge in [-0.05, 0) is 55.1 Å². The van der Waals surface area contributed by atoms with Crippen LogP contribution in [0.5, 0.6) is 0 Å². The molecular formula is C42H59N5O8. The summed E-state index contributed by atoms with van der Waals surface area (Å²) in [5.41, 5.74) is 7.35. The van der Waals surface area contributed by atoms with Gasteiger partial charge in [-0.1, -0.05) is 107 Å². The largest absolute Gasteiger partial charge is 0.449 e. The number of rotatable bonds is 20. The van der Waals surface area contributed by atoms with E-state index in [1.807, 2.05) is 81.4 Å². The van der Waals surface area contributed by atoms with Crippen LogP contribution in [0.3, 0.4) is 0 Å². The minimum atomic E-state index is -1.13. The Balaban J connectivity index is 1.46. The first-order chi connectivity index (χ1) is 26.5. The molecule has 1 heterocycles. The summed E-state index contributed by atoms with van der Waals surface area (Å²) in [6.45, 7) is 6.41. The summed E-state index contributed by atoms with van der Waals surface area (Å²) in [6.07, 6.45) is 4.86. The predicted octanol–water partition coefficient (Wildman–Crippen LogP) is 4.52. The molecule has 13 nitrogen and oxygen atoms in total. The Morgan fingerprint density at radius 2 is 1.56 bits per heavy atom. The van der Waals surface area contributed by atoms with Gasteiger partial charge in [-0.3, -0.25) is 24.0 Å². The van der Waals surface area contributed by atoms with Gasteiger partial charge in [0, 0.05) is 19.5 Å². The second-order valence-electron chi connectivity index (χ2n) is 15.2. The van der Waals surface area contributed by atoms with Crippen LogP contribution in [0.25, 0.3) is 0 Å². The third kappa shape index (κ3) is 13.2. The third-order valence-electron chi connectivity index (χ3n) is 10.3. The zero-order valence-corrected chi connectivity index (χ0v) is 32.5. The number of hydrogen-bond donors (Lipinski definition) is 4. The summed E-state index contributed by atoms with van der Waals surface area (Å²) in [5.74, 6) is -3.65. The van der Waals surface area contributed by atoms with E-state index < -0.39 is 65.7 Å². The molecular weight excluding hydrogens is 702 g/mol. The Bertz CT molecular complexity index is 1570. The number of nitrogens with one attached hydrogen (secondary N) is 3. The van der Waals surface area contributed by atoms with Crippen molar-refractivity contribution in [1.82, 2.24) is 20.9 Å². The Morgan fingerprint density at radius 3 is 2.20 bits per heavy atom. The molecule has 0 bridgehead atoms. The number of ether oxygens (including phenoxy) is 2. The summed E-state index contributed by atoms with van der Waals surface area (Å²) in [7, 11) is 0. The minimum absolute atomic E-state index is 0.109. The lowest BCUT2D eigenvalue weighted by Gasteiger charge is -2.34. The monoisotopic (exact) mass is 761 g/mol. The zero-order valence-electron chi connectivity index (χ0n) is 32.5. The second-order valence-corrected chi connectivity index (χ2v) is 15.2. The van der Waals surface area contributed by atoms with Gasteiger partial charge in [-0.2, -0.15) is 0 Å². The normalized spacial score (nSPS) is 18.9. The lowest BCUT2D eigenvalue weighted by molar-refractivity contribution is -0.143. The Labute approximate surface area is 324 Å². The van der Waals surface area contributed by atoms with Crippen molar-refractivity contribution in [3.63, 3.8) is 0 Å². The van der Waals surface area contributed by atoms with Crippen molar-refractivity contribution in [2.24, 2.45) is 17.6 Å². The van der Waals surface area contributed by atoms with Crippen molar-refractivity contribution in [2.75, 3.05) is 19.7 Å². The molecule has 5 N–H and O–H groups in total. The summed E-state index contributed by atoms with van der Waals surface area (Å²) >= 11 is 0. The first kappa shape index (κ1) is 43.0. The highest BCUT2D eigenvalue weighted by Gasteiger charge is 2.45. The molecule has 1 saturated heterocycles. The zero-order chi connectivity index (χ0) is 39.7. The minimum Gasteiger partial charge on any atom is -0.449 e. The molecule has 1 aliphatic carbocycles. The number of Topliss-reactive ketones (excluding diaryl/α,β-unsaturated/α-hetero) is 1. The summed E-state index contributed by atoms with van der Waals surface area (Å²) in [6, 6.07) is 15.7. The van der Waals surface area contributed by atoms with Gasteiger partial charge in [0.15, 0.2) is 0 Å². The number of carbonyl (C=O) groups is 6. The molecule has 5 amide bonds. The highest BCUT2D eigenvalue weighted by molar-refractivity contribution is 6.38. The molecule has 2 aromatic carbocycles. The van der Waals surface area contributed by atoms with Crippen molar-refractivity contribution in [1.29, 1.82) is 0 Å². The van der Waals surface area contributed by atoms with Gasteiger partial charge in [-0.15, -0.1) is 0 Å². The van der Waals surface area contributed by atoms with Crippen LogP contribution in [-0.4, -0.2) is 84.3 Å². The lowest BCUT2D eigenvalue weighted by Crippen LogP contribution is -2.58. The van der Waals surface area contributed by atoms with E-state index >= 15 is 0 Å². The van der Waals surface area contributed by atoms with Crippen LogP contribution in [-0.2, 0) is 40.1 Å². The third-order valence-corrected chi connectivity index (χ3v) is 10.3. The SMILES string of the molecule is CCCC(NC(=O)C1CC(OCc2ccccc2)CN1C(=O)C(NC(=O)OCC(C)C)C1CCCCC1)C(=O)C(=O)NCCCC(C(N)=O)c1ccccc1. The number of nitrogens with zero attached hydrogens (tertiary/aromatic N) is 1. The number of primary amides is 1. The quantitative estimate of drug-likeness (QED) is 0.112. The summed E-state index contributed by atoms with van der Waals surface area (Å²) in [5, 5.41) is 8.25. The maximum absolute atomic E-state index is 14.5. The van der Waals surface area contributed by atoms with E-state index in [4.69, 9.17) is 15.2 Å². The molecule has 1 saturated carbocycles. The number of nitrogens with two attached hydrogens (primary N) is 1. The fourth-order valence-corrected chi connectivity index (χ4v) is 7.37. The molecule has 5 atom stereocenters. The Morgan fingerprint density at radius 1 is 0.891 bits per heavy atom. The molecule has 4 rings (SSSR count). The number of amides is 5. The average molecular weight is 762 g/mol. The maximum Gasteiger partial charge on any atom is 0.407 e. The molecule has 2 aromatic rings. The van der Waals surface area contributed by atoms with Gasteiger partial charge >= 0.3 is 6.09 Å². The highest BCUT2D eigenvalue weighted by atomic mass is 16.5. The molecule has 5 unspecified atom stereocenters. The molecule has 0 spiro atoms. The highest BCUT2D eigenvalue weighted by Crippen LogP contribution is 2.30.